The molecule has 0 radical (unpaired) electrons. The number of amides is 2. The summed E-state index contributed by atoms with van der Waals surface area (Å²) in [6.45, 7) is 16.3. The highest BCUT2D eigenvalue weighted by molar-refractivity contribution is 9.11. The highest BCUT2D eigenvalue weighted by Crippen LogP contribution is 2.45. The van der Waals surface area contributed by atoms with Crippen LogP contribution >= 0.6 is 112 Å². The highest BCUT2D eigenvalue weighted by atomic mass is 79.9. The molecule has 3 heterocycles. The van der Waals surface area contributed by atoms with E-state index in [1.54, 1.807) is 12.2 Å². The molecule has 2 saturated heterocycles. The largest absolute Gasteiger partial charge is 0.464 e. The predicted octanol–water partition coefficient (Wildman–Crippen LogP) is 8.99. The number of carbonyl (C=O) groups is 17. The van der Waals surface area contributed by atoms with Crippen molar-refractivity contribution in [1.29, 1.82) is 0 Å². The van der Waals surface area contributed by atoms with Crippen LogP contribution in [0.15, 0.2) is 12.2 Å². The molecule has 0 aliphatic carbocycles. The third-order valence-corrected chi connectivity index (χ3v) is 20.2. The molecule has 0 aromatic rings. The second kappa shape index (κ2) is 41.2. The van der Waals surface area contributed by atoms with E-state index in [9.17, 15) is 71.9 Å². The maximum atomic E-state index is 15.2. The minimum atomic E-state index is -2.49. The van der Waals surface area contributed by atoms with Gasteiger partial charge in [-0.2, -0.15) is 0 Å². The van der Waals surface area contributed by atoms with Gasteiger partial charge in [0.2, 0.25) is 11.8 Å². The second-order valence-electron chi connectivity index (χ2n) is 35.2. The maximum absolute atomic E-state index is 15.2. The maximum Gasteiger partial charge on any atom is 0.322 e. The lowest BCUT2D eigenvalue weighted by atomic mass is 9.85. The summed E-state index contributed by atoms with van der Waals surface area (Å²) in [6.07, 6.45) is 1.85. The molecule has 7 atom stereocenters. The monoisotopic (exact) mass is 2130 g/mol. The van der Waals surface area contributed by atoms with Crippen LogP contribution in [0.5, 0.6) is 0 Å². The molecule has 3 rings (SSSR count). The van der Waals surface area contributed by atoms with E-state index in [0.717, 1.165) is 18.7 Å². The minimum absolute atomic E-state index is 0.551. The van der Waals surface area contributed by atoms with Crippen molar-refractivity contribution < 1.29 is 157 Å². The molecule has 0 aromatic heterocycles. The van der Waals surface area contributed by atoms with Gasteiger partial charge in [0.05, 0.1) is 36.0 Å². The van der Waals surface area contributed by atoms with E-state index >= 15 is 9.59 Å². The van der Waals surface area contributed by atoms with Crippen molar-refractivity contribution in [3.8, 4) is 0 Å². The Kier molecular flexibility index (Phi) is 37.1. The van der Waals surface area contributed by atoms with Gasteiger partial charge >= 0.3 is 89.5 Å². The van der Waals surface area contributed by atoms with Crippen molar-refractivity contribution in [2.24, 2.45) is 55.7 Å². The van der Waals surface area contributed by atoms with Gasteiger partial charge in [0.25, 0.3) is 0 Å². The molecular formula is C77H108Br7NO33. The van der Waals surface area contributed by atoms with Crippen LogP contribution < -0.4 is 0 Å². The van der Waals surface area contributed by atoms with E-state index in [0.29, 0.717) is 0 Å². The van der Waals surface area contributed by atoms with E-state index in [2.05, 4.69) is 112 Å². The van der Waals surface area contributed by atoms with E-state index in [4.69, 9.17) is 75.8 Å². The van der Waals surface area contributed by atoms with Crippen molar-refractivity contribution in [1.82, 2.24) is 4.90 Å². The Morgan fingerprint density at radius 3 is 0.653 bits per heavy atom. The van der Waals surface area contributed by atoms with Gasteiger partial charge in [-0.15, -0.1) is 0 Å². The van der Waals surface area contributed by atoms with Crippen molar-refractivity contribution in [2.45, 2.75) is 202 Å². The molecule has 34 nitrogen and oxygen atoms in total. The fraction of sp³-hybridized carbons (Fsp3) is 0.753. The third-order valence-electron chi connectivity index (χ3n) is 18.0. The van der Waals surface area contributed by atoms with Crippen LogP contribution in [0.3, 0.4) is 0 Å². The van der Waals surface area contributed by atoms with Crippen LogP contribution in [0, 0.1) is 55.7 Å². The zero-order chi connectivity index (χ0) is 91.3. The third kappa shape index (κ3) is 30.6. The Bertz CT molecular complexity index is 3280. The molecule has 0 spiro atoms. The Labute approximate surface area is 744 Å². The van der Waals surface area contributed by atoms with Crippen LogP contribution in [0.25, 0.3) is 0 Å². The molecule has 0 saturated carbocycles. The van der Waals surface area contributed by atoms with E-state index < -0.39 is 305 Å². The van der Waals surface area contributed by atoms with E-state index in [-0.39, 0.29) is 0 Å². The van der Waals surface area contributed by atoms with Crippen LogP contribution in [0.1, 0.15) is 159 Å². The van der Waals surface area contributed by atoms with E-state index in [1.165, 1.54) is 145 Å². The van der Waals surface area contributed by atoms with Crippen LogP contribution in [-0.2, 0) is 157 Å². The Morgan fingerprint density at radius 1 is 0.288 bits per heavy atom. The second-order valence-corrected chi connectivity index (χ2v) is 49.1. The lowest BCUT2D eigenvalue weighted by molar-refractivity contribution is -0.185. The standard InChI is InChI=1S/C77H108Br7NO33/c1-64(2,3)50(89)106-30-74(20,31-107-51(90)65(4,5)78)60(99)114-38-72(18,39-115-61(100)75(21,32-108-52(91)66(6,7)79)33-109-53(92)67(8,9)80)58(97)104-28-42(49(88)103-27-26-85-47(86)45-43-24-25-44(118-43)46(45)48(85)87)29-105-59(98)73(19,40-116-62(101)76(22,34-110-54(93)68(10,11)81)35-111-55(94)69(12,13)82)41-117-63(102)77(23,36-112-56(95)70(14,15)83)37-113-57(96)71(16,17)84/h24-25,42-46H,26-41H2,1-23H3. The number of ether oxygens (including phenoxy) is 16. The first kappa shape index (κ1) is 106. The summed E-state index contributed by atoms with van der Waals surface area (Å²) in [5.41, 5.74) is -14.6. The van der Waals surface area contributed by atoms with Gasteiger partial charge in [-0.1, -0.05) is 124 Å². The first-order valence-electron chi connectivity index (χ1n) is 36.8. The van der Waals surface area contributed by atoms with Gasteiger partial charge in [0, 0.05) is 0 Å². The highest BCUT2D eigenvalue weighted by Gasteiger charge is 2.61. The Hall–Kier alpha value is -5.75. The van der Waals surface area contributed by atoms with Gasteiger partial charge in [-0.3, -0.25) is 86.4 Å². The number of nitrogens with zero attached hydrogens (tertiary/aromatic N) is 1. The van der Waals surface area contributed by atoms with Crippen molar-refractivity contribution in [2.75, 3.05) is 106 Å². The number of likely N-dealkylation sites (tertiary alicyclic amines) is 1. The van der Waals surface area contributed by atoms with Crippen LogP contribution in [-0.4, -0.2) is 254 Å². The summed E-state index contributed by atoms with van der Waals surface area (Å²) in [7, 11) is 0. The average molecular weight is 2140 g/mol. The fourth-order valence-electron chi connectivity index (χ4n) is 9.60. The molecule has 668 valence electrons. The normalized spacial score (nSPS) is 18.0. The summed E-state index contributed by atoms with van der Waals surface area (Å²) in [5.74, 6) is -21.8. The van der Waals surface area contributed by atoms with Gasteiger partial charge < -0.3 is 75.8 Å². The van der Waals surface area contributed by atoms with Gasteiger partial charge in [-0.05, 0) is 159 Å². The van der Waals surface area contributed by atoms with Gasteiger partial charge in [0.1, 0.15) is 168 Å². The first-order valence-corrected chi connectivity index (χ1v) is 42.4. The average Bonchev–Trinajstić information content (AvgIpc) is 1.57. The lowest BCUT2D eigenvalue weighted by Crippen LogP contribution is -2.48. The molecule has 2 bridgehead atoms. The van der Waals surface area contributed by atoms with Crippen molar-refractivity contribution in [3.05, 3.63) is 12.2 Å². The summed E-state index contributed by atoms with van der Waals surface area (Å²) in [6, 6.07) is 0. The smallest absolute Gasteiger partial charge is 0.322 e. The molecular weight excluding hydrogens is 2030 g/mol. The zero-order valence-electron chi connectivity index (χ0n) is 70.4. The van der Waals surface area contributed by atoms with Crippen LogP contribution in [0.4, 0.5) is 0 Å². The fourth-order valence-corrected chi connectivity index (χ4v) is 10.4. The van der Waals surface area contributed by atoms with Crippen molar-refractivity contribution >= 4 is 213 Å². The molecule has 2 fully saturated rings. The number of fused-ring (bicyclic) bond motifs is 5. The molecule has 3 aliphatic heterocycles. The molecule has 2 amide bonds. The van der Waals surface area contributed by atoms with E-state index in [1.807, 2.05) is 0 Å². The predicted molar refractivity (Wildman–Crippen MR) is 439 cm³/mol. The van der Waals surface area contributed by atoms with Crippen LogP contribution in [0.2, 0.25) is 0 Å². The summed E-state index contributed by atoms with van der Waals surface area (Å²) in [4.78, 5) is 238. The SMILES string of the molecule is CC(C)(C)C(=O)OCC(C)(COC(=O)C(C)(C)Br)C(=O)OCC(C)(COC(=O)C(C)(COC(=O)C(C)(C)Br)COC(=O)C(C)(C)Br)C(=O)OCC(COC(=O)C(C)(COC(=O)C(C)(COC(=O)C(C)(C)Br)COC(=O)C(C)(C)Br)COC(=O)C(C)(COC(=O)C(C)(C)Br)COC(=O)C(C)(C)Br)C(=O)OCCN1C(=O)C2C3C=CC(O3)C2C1=O. The molecule has 0 aromatic carbocycles. The number of halogens is 7. The van der Waals surface area contributed by atoms with Gasteiger partial charge in [-0.25, -0.2) is 0 Å². The topological polar surface area (TPSA) is 441 Å². The summed E-state index contributed by atoms with van der Waals surface area (Å²) >= 11 is 22.4. The Balaban J connectivity index is 2.35. The lowest BCUT2D eigenvalue weighted by Gasteiger charge is -2.33. The zero-order valence-corrected chi connectivity index (χ0v) is 81.5. The number of carbonyl (C=O) groups excluding carboxylic acids is 17. The quantitative estimate of drug-likeness (QED) is 0.0180. The minimum Gasteiger partial charge on any atom is -0.464 e. The Morgan fingerprint density at radius 2 is 0.466 bits per heavy atom. The molecule has 41 heteroatoms. The number of imide groups is 1. The molecule has 3 aliphatic rings. The number of alkyl halides is 7. The van der Waals surface area contributed by atoms with Gasteiger partial charge in [0.15, 0.2) is 0 Å². The summed E-state index contributed by atoms with van der Waals surface area (Å²) < 4.78 is 80.9. The number of hydrogen-bond acceptors (Lipinski definition) is 33. The molecule has 7 unspecified atom stereocenters. The first-order chi connectivity index (χ1) is 53.2. The molecule has 118 heavy (non-hydrogen) atoms. The molecule has 0 N–H and O–H groups in total. The van der Waals surface area contributed by atoms with Crippen molar-refractivity contribution in [3.63, 3.8) is 0 Å². The number of rotatable bonds is 45. The number of hydrogen-bond donors (Lipinski definition) is 0. The number of esters is 15. The summed E-state index contributed by atoms with van der Waals surface area (Å²) in [5, 5.41) is 0.